The predicted molar refractivity (Wildman–Crippen MR) is 92.5 cm³/mol. The molecule has 0 bridgehead atoms. The number of aromatic nitrogens is 2. The number of carbonyl (C=O) groups is 1. The molecule has 0 spiro atoms. The number of hydrogen-bond acceptors (Lipinski definition) is 4. The SMILES string of the molecule is O=C(Nc1nnc(-c2ccccc2)s1)c1ccc(Br)cc1Cl. The van der Waals surface area contributed by atoms with Crippen LogP contribution in [0.5, 0.6) is 0 Å². The molecule has 110 valence electrons. The lowest BCUT2D eigenvalue weighted by Gasteiger charge is -2.03. The van der Waals surface area contributed by atoms with E-state index in [0.717, 1.165) is 15.0 Å². The van der Waals surface area contributed by atoms with E-state index >= 15 is 0 Å². The first-order valence-corrected chi connectivity index (χ1v) is 8.27. The van der Waals surface area contributed by atoms with Gasteiger partial charge in [0.2, 0.25) is 5.13 Å². The smallest absolute Gasteiger partial charge is 0.259 e. The minimum atomic E-state index is -0.312. The van der Waals surface area contributed by atoms with E-state index in [1.807, 2.05) is 30.3 Å². The first-order valence-electron chi connectivity index (χ1n) is 6.29. The summed E-state index contributed by atoms with van der Waals surface area (Å²) in [6, 6.07) is 14.8. The number of amides is 1. The van der Waals surface area contributed by atoms with Crippen molar-refractivity contribution >= 4 is 49.9 Å². The topological polar surface area (TPSA) is 54.9 Å². The second-order valence-electron chi connectivity index (χ2n) is 4.36. The number of halogens is 2. The normalized spacial score (nSPS) is 10.5. The molecule has 4 nitrogen and oxygen atoms in total. The molecule has 0 unspecified atom stereocenters. The van der Waals surface area contributed by atoms with E-state index in [1.54, 1.807) is 18.2 Å². The van der Waals surface area contributed by atoms with Gasteiger partial charge in [-0.15, -0.1) is 10.2 Å². The van der Waals surface area contributed by atoms with Crippen molar-refractivity contribution in [1.29, 1.82) is 0 Å². The van der Waals surface area contributed by atoms with Crippen LogP contribution in [0.1, 0.15) is 10.4 Å². The third-order valence-electron chi connectivity index (χ3n) is 2.84. The molecule has 1 amide bonds. The van der Waals surface area contributed by atoms with Gasteiger partial charge in [0.1, 0.15) is 5.01 Å². The van der Waals surface area contributed by atoms with Gasteiger partial charge in [0.05, 0.1) is 10.6 Å². The second kappa shape index (κ2) is 6.56. The molecule has 0 fully saturated rings. The van der Waals surface area contributed by atoms with Crippen LogP contribution in [0.2, 0.25) is 5.02 Å². The molecule has 3 rings (SSSR count). The number of nitrogens with zero attached hydrogens (tertiary/aromatic N) is 2. The molecule has 0 saturated carbocycles. The number of carbonyl (C=O) groups excluding carboxylic acids is 1. The van der Waals surface area contributed by atoms with Crippen LogP contribution < -0.4 is 5.32 Å². The fourth-order valence-electron chi connectivity index (χ4n) is 1.81. The van der Waals surface area contributed by atoms with Gasteiger partial charge >= 0.3 is 0 Å². The number of hydrogen-bond donors (Lipinski definition) is 1. The van der Waals surface area contributed by atoms with E-state index in [1.165, 1.54) is 11.3 Å². The summed E-state index contributed by atoms with van der Waals surface area (Å²) >= 11 is 10.7. The lowest BCUT2D eigenvalue weighted by atomic mass is 10.2. The van der Waals surface area contributed by atoms with Crippen molar-refractivity contribution in [2.75, 3.05) is 5.32 Å². The van der Waals surface area contributed by atoms with Crippen LogP contribution in [0.25, 0.3) is 10.6 Å². The van der Waals surface area contributed by atoms with Crippen LogP contribution in [0.3, 0.4) is 0 Å². The monoisotopic (exact) mass is 393 g/mol. The van der Waals surface area contributed by atoms with Gasteiger partial charge in [0.25, 0.3) is 5.91 Å². The highest BCUT2D eigenvalue weighted by molar-refractivity contribution is 9.10. The molecule has 0 aliphatic heterocycles. The maximum absolute atomic E-state index is 12.2. The average molecular weight is 395 g/mol. The Morgan fingerprint density at radius 1 is 1.14 bits per heavy atom. The molecule has 0 saturated heterocycles. The zero-order valence-corrected chi connectivity index (χ0v) is 14.2. The highest BCUT2D eigenvalue weighted by Crippen LogP contribution is 2.27. The average Bonchev–Trinajstić information content (AvgIpc) is 2.96. The Labute approximate surface area is 144 Å². The molecule has 2 aromatic carbocycles. The lowest BCUT2D eigenvalue weighted by molar-refractivity contribution is 0.102. The molecule has 1 heterocycles. The first kappa shape index (κ1) is 15.1. The van der Waals surface area contributed by atoms with Gasteiger partial charge in [-0.1, -0.05) is 69.2 Å². The molecule has 1 N–H and O–H groups in total. The van der Waals surface area contributed by atoms with Crippen LogP contribution in [0.4, 0.5) is 5.13 Å². The van der Waals surface area contributed by atoms with Crippen LogP contribution in [-0.2, 0) is 0 Å². The summed E-state index contributed by atoms with van der Waals surface area (Å²) in [5.74, 6) is -0.312. The molecule has 0 aliphatic rings. The van der Waals surface area contributed by atoms with Crippen LogP contribution in [0, 0.1) is 0 Å². The van der Waals surface area contributed by atoms with Gasteiger partial charge in [0, 0.05) is 10.0 Å². The Morgan fingerprint density at radius 3 is 2.64 bits per heavy atom. The van der Waals surface area contributed by atoms with E-state index in [2.05, 4.69) is 31.4 Å². The van der Waals surface area contributed by atoms with E-state index in [0.29, 0.717) is 15.7 Å². The Balaban J connectivity index is 1.79. The minimum Gasteiger partial charge on any atom is -0.296 e. The predicted octanol–water partition coefficient (Wildman–Crippen LogP) is 4.87. The molecule has 22 heavy (non-hydrogen) atoms. The molecular formula is C15H9BrClN3OS. The van der Waals surface area contributed by atoms with Gasteiger partial charge in [-0.2, -0.15) is 0 Å². The molecule has 3 aromatic rings. The lowest BCUT2D eigenvalue weighted by Crippen LogP contribution is -2.12. The largest absolute Gasteiger partial charge is 0.296 e. The molecule has 1 aromatic heterocycles. The summed E-state index contributed by atoms with van der Waals surface area (Å²) in [7, 11) is 0. The fraction of sp³-hybridized carbons (Fsp3) is 0. The minimum absolute atomic E-state index is 0.312. The van der Waals surface area contributed by atoms with E-state index in [4.69, 9.17) is 11.6 Å². The third-order valence-corrected chi connectivity index (χ3v) is 4.54. The van der Waals surface area contributed by atoms with Crippen LogP contribution in [0.15, 0.2) is 53.0 Å². The number of benzene rings is 2. The van der Waals surface area contributed by atoms with Gasteiger partial charge in [0.15, 0.2) is 0 Å². The molecular weight excluding hydrogens is 386 g/mol. The summed E-state index contributed by atoms with van der Waals surface area (Å²) in [5, 5.41) is 12.3. The van der Waals surface area contributed by atoms with Gasteiger partial charge in [-0.25, -0.2) is 0 Å². The second-order valence-corrected chi connectivity index (χ2v) is 6.66. The first-order chi connectivity index (χ1) is 10.6. The maximum Gasteiger partial charge on any atom is 0.259 e. The van der Waals surface area contributed by atoms with Crippen molar-refractivity contribution in [3.8, 4) is 10.6 Å². The van der Waals surface area contributed by atoms with Gasteiger partial charge in [-0.05, 0) is 18.2 Å². The summed E-state index contributed by atoms with van der Waals surface area (Å²) in [6.07, 6.45) is 0. The number of anilines is 1. The van der Waals surface area contributed by atoms with Crippen molar-refractivity contribution in [3.63, 3.8) is 0 Å². The highest BCUT2D eigenvalue weighted by Gasteiger charge is 2.14. The van der Waals surface area contributed by atoms with Crippen molar-refractivity contribution in [3.05, 3.63) is 63.6 Å². The van der Waals surface area contributed by atoms with Crippen molar-refractivity contribution in [2.45, 2.75) is 0 Å². The Kier molecular flexibility index (Phi) is 4.52. The van der Waals surface area contributed by atoms with Crippen molar-refractivity contribution in [2.24, 2.45) is 0 Å². The Morgan fingerprint density at radius 2 is 1.91 bits per heavy atom. The summed E-state index contributed by atoms with van der Waals surface area (Å²) in [6.45, 7) is 0. The molecule has 0 atom stereocenters. The van der Waals surface area contributed by atoms with Crippen molar-refractivity contribution in [1.82, 2.24) is 10.2 Å². The van der Waals surface area contributed by atoms with E-state index < -0.39 is 0 Å². The van der Waals surface area contributed by atoms with Crippen LogP contribution in [-0.4, -0.2) is 16.1 Å². The molecule has 0 radical (unpaired) electrons. The van der Waals surface area contributed by atoms with E-state index in [-0.39, 0.29) is 5.91 Å². The zero-order valence-electron chi connectivity index (χ0n) is 11.1. The highest BCUT2D eigenvalue weighted by atomic mass is 79.9. The van der Waals surface area contributed by atoms with E-state index in [9.17, 15) is 4.79 Å². The summed E-state index contributed by atoms with van der Waals surface area (Å²) in [4.78, 5) is 12.2. The Hall–Kier alpha value is -1.76. The summed E-state index contributed by atoms with van der Waals surface area (Å²) < 4.78 is 0.816. The third kappa shape index (κ3) is 3.35. The molecule has 7 heteroatoms. The zero-order chi connectivity index (χ0) is 15.5. The van der Waals surface area contributed by atoms with Crippen LogP contribution >= 0.6 is 38.9 Å². The van der Waals surface area contributed by atoms with Crippen molar-refractivity contribution < 1.29 is 4.79 Å². The fourth-order valence-corrected chi connectivity index (χ4v) is 3.31. The molecule has 0 aliphatic carbocycles. The van der Waals surface area contributed by atoms with Gasteiger partial charge in [-0.3, -0.25) is 10.1 Å². The Bertz CT molecular complexity index is 823. The van der Waals surface area contributed by atoms with Gasteiger partial charge < -0.3 is 0 Å². The number of nitrogens with one attached hydrogen (secondary N) is 1. The summed E-state index contributed by atoms with van der Waals surface area (Å²) in [5.41, 5.74) is 1.35. The quantitative estimate of drug-likeness (QED) is 0.689. The maximum atomic E-state index is 12.2. The standard InChI is InChI=1S/C15H9BrClN3OS/c16-10-6-7-11(12(17)8-10)13(21)18-15-20-19-14(22-15)9-4-2-1-3-5-9/h1-8H,(H,18,20,21). The number of rotatable bonds is 3.